The van der Waals surface area contributed by atoms with Crippen LogP contribution in [-0.4, -0.2) is 22.5 Å². The van der Waals surface area contributed by atoms with Gasteiger partial charge in [0.25, 0.3) is 0 Å². The van der Waals surface area contributed by atoms with Crippen molar-refractivity contribution >= 4 is 5.97 Å². The lowest BCUT2D eigenvalue weighted by atomic mass is 10.1. The number of hydrogen-bond donors (Lipinski definition) is 0. The van der Waals surface area contributed by atoms with Gasteiger partial charge in [0, 0.05) is 12.0 Å². The lowest BCUT2D eigenvalue weighted by Crippen LogP contribution is -2.08. The molecule has 1 aromatic carbocycles. The van der Waals surface area contributed by atoms with Crippen molar-refractivity contribution in [3.63, 3.8) is 0 Å². The van der Waals surface area contributed by atoms with E-state index in [1.54, 1.807) is 12.4 Å². The Kier molecular flexibility index (Phi) is 13.9. The van der Waals surface area contributed by atoms with E-state index in [1.807, 2.05) is 24.3 Å². The van der Waals surface area contributed by atoms with Crippen LogP contribution < -0.4 is 9.47 Å². The second-order valence-corrected chi connectivity index (χ2v) is 8.73. The number of hydrogen-bond acceptors (Lipinski definition) is 5. The first-order chi connectivity index (χ1) is 16.2. The standard InChI is InChI=1S/C28H42N2O3/c1-3-5-7-9-10-11-13-15-21-32-25-19-17-24(18-20-25)28-29-22-26(23-30-28)33-27(31)16-14-12-8-6-4-2/h17-20,22-23H,3-16,21H2,1-2H3. The van der Waals surface area contributed by atoms with E-state index in [-0.39, 0.29) is 5.97 Å². The molecule has 33 heavy (non-hydrogen) atoms. The van der Waals surface area contributed by atoms with Crippen molar-refractivity contribution in [2.75, 3.05) is 6.61 Å². The number of nitrogens with zero attached hydrogens (tertiary/aromatic N) is 2. The third-order valence-corrected chi connectivity index (χ3v) is 5.72. The van der Waals surface area contributed by atoms with E-state index < -0.39 is 0 Å². The molecule has 0 atom stereocenters. The average molecular weight is 455 g/mol. The average Bonchev–Trinajstić information content (AvgIpc) is 2.84. The molecule has 2 aromatic rings. The van der Waals surface area contributed by atoms with Crippen LogP contribution >= 0.6 is 0 Å². The summed E-state index contributed by atoms with van der Waals surface area (Å²) >= 11 is 0. The van der Waals surface area contributed by atoms with Gasteiger partial charge in [-0.25, -0.2) is 9.97 Å². The minimum absolute atomic E-state index is 0.221. The summed E-state index contributed by atoms with van der Waals surface area (Å²) in [6.45, 7) is 5.19. The fraction of sp³-hybridized carbons (Fsp3) is 0.607. The van der Waals surface area contributed by atoms with E-state index in [4.69, 9.17) is 9.47 Å². The maximum Gasteiger partial charge on any atom is 0.311 e. The molecule has 0 bridgehead atoms. The molecule has 0 spiro atoms. The van der Waals surface area contributed by atoms with Gasteiger partial charge in [-0.15, -0.1) is 0 Å². The molecule has 0 N–H and O–H groups in total. The Morgan fingerprint density at radius 1 is 0.697 bits per heavy atom. The third kappa shape index (κ3) is 11.8. The van der Waals surface area contributed by atoms with Crippen LogP contribution in [0.3, 0.4) is 0 Å². The lowest BCUT2D eigenvalue weighted by Gasteiger charge is -2.08. The number of unbranched alkanes of at least 4 members (excludes halogenated alkanes) is 11. The van der Waals surface area contributed by atoms with Gasteiger partial charge in [-0.2, -0.15) is 0 Å². The Labute approximate surface area is 200 Å². The molecular weight excluding hydrogens is 412 g/mol. The van der Waals surface area contributed by atoms with Gasteiger partial charge >= 0.3 is 5.97 Å². The number of rotatable bonds is 18. The number of aromatic nitrogens is 2. The first-order valence-electron chi connectivity index (χ1n) is 13.0. The summed E-state index contributed by atoms with van der Waals surface area (Å²) in [6, 6.07) is 7.83. The van der Waals surface area contributed by atoms with Crippen LogP contribution in [0.2, 0.25) is 0 Å². The summed E-state index contributed by atoms with van der Waals surface area (Å²) in [5.41, 5.74) is 0.906. The van der Waals surface area contributed by atoms with E-state index >= 15 is 0 Å². The molecular formula is C28H42N2O3. The Morgan fingerprint density at radius 3 is 1.85 bits per heavy atom. The van der Waals surface area contributed by atoms with Crippen molar-refractivity contribution in [2.45, 2.75) is 104 Å². The van der Waals surface area contributed by atoms with Gasteiger partial charge in [0.2, 0.25) is 0 Å². The predicted octanol–water partition coefficient (Wildman–Crippen LogP) is 7.93. The minimum atomic E-state index is -0.221. The van der Waals surface area contributed by atoms with Gasteiger partial charge in [0.1, 0.15) is 5.75 Å². The molecule has 0 radical (unpaired) electrons. The van der Waals surface area contributed by atoms with Crippen LogP contribution in [0.4, 0.5) is 0 Å². The van der Waals surface area contributed by atoms with E-state index in [0.29, 0.717) is 18.0 Å². The molecule has 0 aliphatic carbocycles. The highest BCUT2D eigenvalue weighted by Crippen LogP contribution is 2.21. The minimum Gasteiger partial charge on any atom is -0.494 e. The van der Waals surface area contributed by atoms with Crippen molar-refractivity contribution in [3.05, 3.63) is 36.7 Å². The van der Waals surface area contributed by atoms with E-state index in [1.165, 1.54) is 64.2 Å². The molecule has 5 heteroatoms. The fourth-order valence-corrected chi connectivity index (χ4v) is 3.70. The SMILES string of the molecule is CCCCCCCCCCOc1ccc(-c2ncc(OC(=O)CCCCCCC)cn2)cc1. The second kappa shape index (κ2) is 17.1. The van der Waals surface area contributed by atoms with Crippen LogP contribution in [0.25, 0.3) is 11.4 Å². The van der Waals surface area contributed by atoms with Crippen molar-refractivity contribution in [1.29, 1.82) is 0 Å². The monoisotopic (exact) mass is 454 g/mol. The first-order valence-corrected chi connectivity index (χ1v) is 13.0. The highest BCUT2D eigenvalue weighted by molar-refractivity contribution is 5.72. The summed E-state index contributed by atoms with van der Waals surface area (Å²) in [4.78, 5) is 20.6. The number of esters is 1. The molecule has 0 saturated carbocycles. The van der Waals surface area contributed by atoms with Gasteiger partial charge in [-0.1, -0.05) is 84.5 Å². The fourth-order valence-electron chi connectivity index (χ4n) is 3.70. The van der Waals surface area contributed by atoms with Gasteiger partial charge in [0.15, 0.2) is 11.6 Å². The zero-order valence-electron chi connectivity index (χ0n) is 20.7. The van der Waals surface area contributed by atoms with Crippen molar-refractivity contribution < 1.29 is 14.3 Å². The predicted molar refractivity (Wildman–Crippen MR) is 135 cm³/mol. The van der Waals surface area contributed by atoms with Gasteiger partial charge in [0.05, 0.1) is 19.0 Å². The Hall–Kier alpha value is -2.43. The summed E-state index contributed by atoms with van der Waals surface area (Å²) in [7, 11) is 0. The number of carbonyl (C=O) groups is 1. The van der Waals surface area contributed by atoms with Crippen LogP contribution in [0.15, 0.2) is 36.7 Å². The Morgan fingerprint density at radius 2 is 1.24 bits per heavy atom. The topological polar surface area (TPSA) is 61.3 Å². The van der Waals surface area contributed by atoms with Crippen molar-refractivity contribution in [2.24, 2.45) is 0 Å². The largest absolute Gasteiger partial charge is 0.494 e. The quantitative estimate of drug-likeness (QED) is 0.169. The Balaban J connectivity index is 1.65. The van der Waals surface area contributed by atoms with Crippen molar-refractivity contribution in [1.82, 2.24) is 9.97 Å². The number of ether oxygens (including phenoxy) is 2. The van der Waals surface area contributed by atoms with E-state index in [2.05, 4.69) is 23.8 Å². The summed E-state index contributed by atoms with van der Waals surface area (Å²) in [6.07, 6.45) is 19.4. The highest BCUT2D eigenvalue weighted by Gasteiger charge is 2.07. The molecule has 2 rings (SSSR count). The van der Waals surface area contributed by atoms with Crippen LogP contribution in [0, 0.1) is 0 Å². The maximum absolute atomic E-state index is 11.9. The molecule has 0 amide bonds. The number of benzene rings is 1. The van der Waals surface area contributed by atoms with E-state index in [0.717, 1.165) is 37.2 Å². The zero-order chi connectivity index (χ0) is 23.6. The van der Waals surface area contributed by atoms with Gasteiger partial charge in [-0.3, -0.25) is 4.79 Å². The van der Waals surface area contributed by atoms with Crippen LogP contribution in [0.5, 0.6) is 11.5 Å². The maximum atomic E-state index is 11.9. The first kappa shape index (κ1) is 26.8. The molecule has 182 valence electrons. The van der Waals surface area contributed by atoms with E-state index in [9.17, 15) is 4.79 Å². The van der Waals surface area contributed by atoms with Gasteiger partial charge < -0.3 is 9.47 Å². The molecule has 0 aliphatic heterocycles. The highest BCUT2D eigenvalue weighted by atomic mass is 16.5. The lowest BCUT2D eigenvalue weighted by molar-refractivity contribution is -0.134. The molecule has 0 aliphatic rings. The zero-order valence-corrected chi connectivity index (χ0v) is 20.7. The van der Waals surface area contributed by atoms with Crippen LogP contribution in [0.1, 0.15) is 104 Å². The normalized spacial score (nSPS) is 10.8. The van der Waals surface area contributed by atoms with Crippen LogP contribution in [-0.2, 0) is 4.79 Å². The van der Waals surface area contributed by atoms with Crippen molar-refractivity contribution in [3.8, 4) is 22.9 Å². The summed E-state index contributed by atoms with van der Waals surface area (Å²) < 4.78 is 11.2. The smallest absolute Gasteiger partial charge is 0.311 e. The summed E-state index contributed by atoms with van der Waals surface area (Å²) in [5.74, 6) is 1.64. The Bertz CT molecular complexity index is 760. The van der Waals surface area contributed by atoms with Gasteiger partial charge in [-0.05, 0) is 37.1 Å². The molecule has 0 unspecified atom stereocenters. The molecule has 1 heterocycles. The third-order valence-electron chi connectivity index (χ3n) is 5.72. The molecule has 5 nitrogen and oxygen atoms in total. The number of carbonyl (C=O) groups excluding carboxylic acids is 1. The second-order valence-electron chi connectivity index (χ2n) is 8.73. The molecule has 0 saturated heterocycles. The molecule has 0 fully saturated rings. The molecule has 1 aromatic heterocycles. The summed E-state index contributed by atoms with van der Waals surface area (Å²) in [5, 5.41) is 0.